The van der Waals surface area contributed by atoms with Gasteiger partial charge in [-0.3, -0.25) is 0 Å². The maximum absolute atomic E-state index is 14.1. The van der Waals surface area contributed by atoms with Crippen molar-refractivity contribution in [1.29, 1.82) is 0 Å². The summed E-state index contributed by atoms with van der Waals surface area (Å²) in [5.41, 5.74) is 2.42. The minimum absolute atomic E-state index is 0.0787. The zero-order chi connectivity index (χ0) is 42.3. The number of aliphatic hydroxyl groups excluding tert-OH is 2. The molecule has 0 spiro atoms. The summed E-state index contributed by atoms with van der Waals surface area (Å²) in [7, 11) is 1.75. The second-order valence-electron chi connectivity index (χ2n) is 18.0. The third kappa shape index (κ3) is 9.70. The van der Waals surface area contributed by atoms with Crippen molar-refractivity contribution in [3.63, 3.8) is 0 Å². The van der Waals surface area contributed by atoms with Crippen LogP contribution in [0.2, 0.25) is 0 Å². The average Bonchev–Trinajstić information content (AvgIpc) is 3.25. The summed E-state index contributed by atoms with van der Waals surface area (Å²) in [4.78, 5) is 22.0. The lowest BCUT2D eigenvalue weighted by atomic mass is 9.55. The number of aliphatic hydroxyl groups is 2. The summed E-state index contributed by atoms with van der Waals surface area (Å²) in [6.45, 7) is 11.4. The van der Waals surface area contributed by atoms with Gasteiger partial charge in [-0.1, -0.05) is 81.3 Å². The van der Waals surface area contributed by atoms with E-state index in [1.54, 1.807) is 18.0 Å². The molecule has 0 aromatic heterocycles. The van der Waals surface area contributed by atoms with Crippen LogP contribution < -0.4 is 9.47 Å². The molecule has 2 aliphatic carbocycles. The molecule has 3 aromatic carbocycles. The van der Waals surface area contributed by atoms with Gasteiger partial charge in [-0.05, 0) is 102 Å². The Balaban J connectivity index is 1.39. The first-order chi connectivity index (χ1) is 29.0. The van der Waals surface area contributed by atoms with Crippen molar-refractivity contribution in [2.45, 2.75) is 109 Å². The summed E-state index contributed by atoms with van der Waals surface area (Å²) < 4.78 is 32.8. The Morgan fingerprint density at radius 2 is 1.73 bits per heavy atom. The highest BCUT2D eigenvalue weighted by molar-refractivity contribution is 6.03. The van der Waals surface area contributed by atoms with Gasteiger partial charge < -0.3 is 43.6 Å². The molecule has 11 nitrogen and oxygen atoms in total. The van der Waals surface area contributed by atoms with Gasteiger partial charge in [0.1, 0.15) is 23.3 Å². The van der Waals surface area contributed by atoms with Gasteiger partial charge in [0, 0.05) is 44.6 Å². The van der Waals surface area contributed by atoms with E-state index in [9.17, 15) is 15.0 Å². The number of allylic oxidation sites excluding steroid dienone is 1. The molecule has 324 valence electrons. The molecule has 2 N–H and O–H groups in total. The smallest absolute Gasteiger partial charge is 0.410 e. The van der Waals surface area contributed by atoms with Crippen LogP contribution in [0.3, 0.4) is 0 Å². The zero-order valence-corrected chi connectivity index (χ0v) is 35.9. The fourth-order valence-electron chi connectivity index (χ4n) is 9.58. The van der Waals surface area contributed by atoms with E-state index in [1.807, 2.05) is 51.1 Å². The van der Waals surface area contributed by atoms with Crippen LogP contribution in [0.25, 0.3) is 10.8 Å². The van der Waals surface area contributed by atoms with Crippen molar-refractivity contribution in [2.24, 2.45) is 28.3 Å². The Morgan fingerprint density at radius 1 is 0.983 bits per heavy atom. The summed E-state index contributed by atoms with van der Waals surface area (Å²) in [5, 5.41) is 27.0. The number of oxime groups is 1. The largest absolute Gasteiger partial charge is 0.459 e. The van der Waals surface area contributed by atoms with E-state index in [0.717, 1.165) is 72.6 Å². The van der Waals surface area contributed by atoms with Crippen molar-refractivity contribution in [1.82, 2.24) is 4.90 Å². The number of nitrogens with zero attached hydrogens (tertiary/aromatic N) is 2. The fourth-order valence-corrected chi connectivity index (χ4v) is 9.58. The predicted molar refractivity (Wildman–Crippen MR) is 232 cm³/mol. The second kappa shape index (κ2) is 19.5. The Hall–Kier alpha value is -4.42. The molecule has 11 heteroatoms. The number of fused-ring (bicyclic) bond motifs is 3. The predicted octanol–water partition coefficient (Wildman–Crippen LogP) is 9.91. The van der Waals surface area contributed by atoms with Gasteiger partial charge in [-0.15, -0.1) is 6.58 Å². The van der Waals surface area contributed by atoms with Crippen LogP contribution in [-0.2, 0) is 19.0 Å². The lowest BCUT2D eigenvalue weighted by Crippen LogP contribution is -2.69. The van der Waals surface area contributed by atoms with Crippen LogP contribution in [-0.4, -0.2) is 85.1 Å². The van der Waals surface area contributed by atoms with Gasteiger partial charge in [0.05, 0.1) is 31.5 Å². The quantitative estimate of drug-likeness (QED) is 0.0777. The molecule has 2 heterocycles. The maximum atomic E-state index is 14.1. The normalized spacial score (nSPS) is 26.6. The Bertz CT molecular complexity index is 2000. The number of hydrogen-bond donors (Lipinski definition) is 2. The molecular formula is C49H64N2O9. The van der Waals surface area contributed by atoms with E-state index in [-0.39, 0.29) is 56.0 Å². The van der Waals surface area contributed by atoms with Crippen LogP contribution in [0.5, 0.6) is 17.2 Å². The van der Waals surface area contributed by atoms with Gasteiger partial charge in [0.2, 0.25) is 12.1 Å². The average molecular weight is 825 g/mol. The van der Waals surface area contributed by atoms with E-state index >= 15 is 0 Å². The third-order valence-electron chi connectivity index (χ3n) is 12.4. The van der Waals surface area contributed by atoms with Gasteiger partial charge in [-0.25, -0.2) is 4.79 Å². The number of amides is 1. The topological polar surface area (TPSA) is 129 Å². The lowest BCUT2D eigenvalue weighted by molar-refractivity contribution is -0.254. The van der Waals surface area contributed by atoms with Crippen LogP contribution >= 0.6 is 0 Å². The molecular weight excluding hydrogens is 761 g/mol. The summed E-state index contributed by atoms with van der Waals surface area (Å²) >= 11 is 0. The van der Waals surface area contributed by atoms with E-state index in [0.29, 0.717) is 36.7 Å². The van der Waals surface area contributed by atoms with Crippen molar-refractivity contribution in [3.05, 3.63) is 90.5 Å². The Kier molecular flexibility index (Phi) is 14.2. The molecule has 1 saturated heterocycles. The first-order valence-electron chi connectivity index (χ1n) is 22.0. The summed E-state index contributed by atoms with van der Waals surface area (Å²) in [6.07, 6.45) is 10.8. The van der Waals surface area contributed by atoms with Gasteiger partial charge >= 0.3 is 6.09 Å². The van der Waals surface area contributed by atoms with E-state index in [4.69, 9.17) is 33.7 Å². The van der Waals surface area contributed by atoms with Crippen molar-refractivity contribution in [3.8, 4) is 17.2 Å². The molecule has 0 bridgehead atoms. The van der Waals surface area contributed by atoms with E-state index in [2.05, 4.69) is 43.0 Å². The monoisotopic (exact) mass is 824 g/mol. The number of likely N-dealkylation sites (N-methyl/N-ethyl adjacent to an activating group) is 1. The van der Waals surface area contributed by atoms with Gasteiger partial charge in [-0.2, -0.15) is 0 Å². The highest BCUT2D eigenvalue weighted by Crippen LogP contribution is 2.62. The highest BCUT2D eigenvalue weighted by atomic mass is 16.8. The molecule has 7 unspecified atom stereocenters. The van der Waals surface area contributed by atoms with Crippen molar-refractivity contribution in [2.75, 3.05) is 40.1 Å². The Morgan fingerprint density at radius 3 is 2.47 bits per heavy atom. The van der Waals surface area contributed by atoms with Crippen molar-refractivity contribution < 1.29 is 43.5 Å². The number of hydrogen-bond acceptors (Lipinski definition) is 10. The van der Waals surface area contributed by atoms with Crippen LogP contribution in [0, 0.1) is 23.2 Å². The minimum Gasteiger partial charge on any atom is -0.459 e. The van der Waals surface area contributed by atoms with Crippen molar-refractivity contribution >= 4 is 22.6 Å². The molecule has 7 rings (SSSR count). The first-order valence-corrected chi connectivity index (χ1v) is 22.0. The van der Waals surface area contributed by atoms with Gasteiger partial charge in [0.25, 0.3) is 0 Å². The molecule has 1 saturated carbocycles. The molecule has 7 atom stereocenters. The first kappa shape index (κ1) is 43.7. The van der Waals surface area contributed by atoms with Crippen LogP contribution in [0.4, 0.5) is 4.79 Å². The summed E-state index contributed by atoms with van der Waals surface area (Å²) in [6, 6.07) is 19.6. The SMILES string of the molecule is C=CCOC12Oc3ccc(Oc4ccc5ccccc5c4)cc3C3C(CCCCO)C(CCCCO)C=C(C(=NOC4CCCCO4)CC1N(C)C(=O)OCC(C)(C)C)C32. The number of ether oxygens (including phenoxy) is 5. The number of carbonyl (C=O) groups is 1. The third-order valence-corrected chi connectivity index (χ3v) is 12.4. The standard InChI is InChI=1S/C49H64N2O9/c1-6-26-57-49-43(51(5)47(54)56-32-48(2,3)4)31-41(50-60-44-19-11-14-27-55-44)39-29-35(17-9-12-24-52)38(18-10-13-25-53)45(46(39)49)40-30-37(22-23-42(40)59-49)58-36-21-20-33-15-7-8-16-34(33)28-36/h6-8,15-16,20-23,28-30,35,38,43-46,52-53H,1,9-14,17-19,24-27,31-32H2,2-5H3. The molecule has 2 aliphatic heterocycles. The lowest BCUT2D eigenvalue weighted by Gasteiger charge is -2.59. The number of rotatable bonds is 17. The Labute approximate surface area is 355 Å². The zero-order valence-electron chi connectivity index (χ0n) is 35.9. The number of benzene rings is 3. The summed E-state index contributed by atoms with van der Waals surface area (Å²) in [5.74, 6) is 0.230. The molecule has 2 fully saturated rings. The second-order valence-corrected chi connectivity index (χ2v) is 18.0. The fraction of sp³-hybridized carbons (Fsp3) is 0.551. The van der Waals surface area contributed by atoms with E-state index in [1.165, 1.54) is 0 Å². The minimum atomic E-state index is -1.38. The number of unbranched alkanes of at least 4 members (excludes halogenated alkanes) is 2. The highest BCUT2D eigenvalue weighted by Gasteiger charge is 2.65. The molecule has 60 heavy (non-hydrogen) atoms. The maximum Gasteiger partial charge on any atom is 0.410 e. The van der Waals surface area contributed by atoms with E-state index < -0.39 is 30.1 Å². The molecule has 4 aliphatic rings. The molecule has 1 amide bonds. The van der Waals surface area contributed by atoms with Crippen LogP contribution in [0.15, 0.2) is 90.1 Å². The number of carbonyl (C=O) groups excluding carboxylic acids is 1. The molecule has 0 radical (unpaired) electrons. The van der Waals surface area contributed by atoms with Gasteiger partial charge in [0.15, 0.2) is 0 Å². The molecule has 3 aromatic rings. The van der Waals surface area contributed by atoms with Crippen LogP contribution in [0.1, 0.15) is 96.5 Å².